The summed E-state index contributed by atoms with van der Waals surface area (Å²) in [6.45, 7) is 1.92. The molecule has 1 nitrogen and oxygen atoms in total. The van der Waals surface area contributed by atoms with Gasteiger partial charge in [0, 0.05) is 0 Å². The second-order valence-electron chi connectivity index (χ2n) is 5.77. The first-order valence-electron chi connectivity index (χ1n) is 7.68. The van der Waals surface area contributed by atoms with Gasteiger partial charge >= 0.3 is 6.18 Å². The Kier molecular flexibility index (Phi) is 4.33. The van der Waals surface area contributed by atoms with Gasteiger partial charge in [-0.2, -0.15) is 18.4 Å². The molecule has 3 aromatic carbocycles. The first-order valence-corrected chi connectivity index (χ1v) is 7.68. The Morgan fingerprint density at radius 1 is 1.00 bits per heavy atom. The summed E-state index contributed by atoms with van der Waals surface area (Å²) in [7, 11) is 0. The van der Waals surface area contributed by atoms with Gasteiger partial charge in [0.2, 0.25) is 0 Å². The number of hydrogen-bond donors (Lipinski definition) is 0. The molecule has 0 amide bonds. The standard InChI is InChI=1S/C21H14F3N/c1-14-9-10-15-5-2-3-8-19(15)20(14)12-17(13-25)16-6-4-7-18(11-16)21(22,23)24/h2-12H,1H3/b17-12+. The van der Waals surface area contributed by atoms with Gasteiger partial charge in [-0.1, -0.05) is 48.5 Å². The summed E-state index contributed by atoms with van der Waals surface area (Å²) in [6, 6.07) is 18.5. The number of halogens is 3. The van der Waals surface area contributed by atoms with Gasteiger partial charge in [-0.05, 0) is 52.6 Å². The molecule has 0 heterocycles. The highest BCUT2D eigenvalue weighted by atomic mass is 19.4. The molecule has 0 fully saturated rings. The van der Waals surface area contributed by atoms with E-state index < -0.39 is 11.7 Å². The van der Waals surface area contributed by atoms with Crippen molar-refractivity contribution >= 4 is 22.4 Å². The quantitative estimate of drug-likeness (QED) is 0.401. The molecular weight excluding hydrogens is 323 g/mol. The average molecular weight is 337 g/mol. The van der Waals surface area contributed by atoms with Crippen LogP contribution in [-0.4, -0.2) is 0 Å². The van der Waals surface area contributed by atoms with Gasteiger partial charge in [0.25, 0.3) is 0 Å². The van der Waals surface area contributed by atoms with E-state index in [4.69, 9.17) is 0 Å². The number of rotatable bonds is 2. The Bertz CT molecular complexity index is 1010. The fourth-order valence-electron chi connectivity index (χ4n) is 2.78. The molecule has 0 bridgehead atoms. The Balaban J connectivity index is 2.18. The number of alkyl halides is 3. The zero-order valence-corrected chi connectivity index (χ0v) is 13.4. The predicted molar refractivity (Wildman–Crippen MR) is 93.6 cm³/mol. The lowest BCUT2D eigenvalue weighted by molar-refractivity contribution is -0.137. The fourth-order valence-corrected chi connectivity index (χ4v) is 2.78. The van der Waals surface area contributed by atoms with Crippen molar-refractivity contribution in [2.24, 2.45) is 0 Å². The van der Waals surface area contributed by atoms with Gasteiger partial charge in [-0.15, -0.1) is 0 Å². The number of nitriles is 1. The third-order valence-electron chi connectivity index (χ3n) is 4.10. The smallest absolute Gasteiger partial charge is 0.192 e. The minimum atomic E-state index is -4.44. The van der Waals surface area contributed by atoms with Crippen molar-refractivity contribution in [3.05, 3.63) is 82.9 Å². The molecule has 25 heavy (non-hydrogen) atoms. The third-order valence-corrected chi connectivity index (χ3v) is 4.10. The molecule has 0 aromatic heterocycles. The number of hydrogen-bond acceptors (Lipinski definition) is 1. The zero-order valence-electron chi connectivity index (χ0n) is 13.4. The van der Waals surface area contributed by atoms with Crippen molar-refractivity contribution < 1.29 is 13.2 Å². The van der Waals surface area contributed by atoms with E-state index in [0.717, 1.165) is 34.0 Å². The van der Waals surface area contributed by atoms with Gasteiger partial charge in [0.05, 0.1) is 17.2 Å². The molecule has 3 aromatic rings. The maximum atomic E-state index is 12.9. The summed E-state index contributed by atoms with van der Waals surface area (Å²) in [6.07, 6.45) is -2.78. The Hall–Kier alpha value is -3.06. The number of aryl methyl sites for hydroxylation is 1. The lowest BCUT2D eigenvalue weighted by atomic mass is 9.95. The topological polar surface area (TPSA) is 23.8 Å². The number of fused-ring (bicyclic) bond motifs is 1. The van der Waals surface area contributed by atoms with Crippen LogP contribution in [0.25, 0.3) is 22.4 Å². The predicted octanol–water partition coefficient (Wildman–Crippen LogP) is 6.23. The van der Waals surface area contributed by atoms with E-state index in [1.165, 1.54) is 12.1 Å². The van der Waals surface area contributed by atoms with Crippen molar-refractivity contribution in [3.8, 4) is 6.07 Å². The first-order chi connectivity index (χ1) is 11.9. The van der Waals surface area contributed by atoms with E-state index in [1.54, 1.807) is 6.08 Å². The highest BCUT2D eigenvalue weighted by molar-refractivity contribution is 5.99. The zero-order chi connectivity index (χ0) is 18.0. The van der Waals surface area contributed by atoms with E-state index >= 15 is 0 Å². The minimum absolute atomic E-state index is 0.200. The van der Waals surface area contributed by atoms with Gasteiger partial charge in [0.1, 0.15) is 0 Å². The van der Waals surface area contributed by atoms with Crippen LogP contribution in [0.15, 0.2) is 60.7 Å². The molecule has 0 radical (unpaired) electrons. The summed E-state index contributed by atoms with van der Waals surface area (Å²) < 4.78 is 38.8. The SMILES string of the molecule is Cc1ccc2ccccc2c1/C=C(\C#N)c1cccc(C(F)(F)F)c1. The second kappa shape index (κ2) is 6.45. The van der Waals surface area contributed by atoms with Crippen LogP contribution in [0, 0.1) is 18.3 Å². The molecule has 0 aliphatic carbocycles. The van der Waals surface area contributed by atoms with Gasteiger partial charge in [0.15, 0.2) is 0 Å². The molecule has 0 aliphatic rings. The van der Waals surface area contributed by atoms with E-state index in [1.807, 2.05) is 49.4 Å². The van der Waals surface area contributed by atoms with Crippen LogP contribution in [0.3, 0.4) is 0 Å². The molecule has 0 saturated heterocycles. The van der Waals surface area contributed by atoms with Gasteiger partial charge < -0.3 is 0 Å². The Morgan fingerprint density at radius 3 is 2.48 bits per heavy atom. The maximum Gasteiger partial charge on any atom is 0.416 e. The van der Waals surface area contributed by atoms with Crippen LogP contribution in [-0.2, 0) is 6.18 Å². The van der Waals surface area contributed by atoms with Crippen LogP contribution < -0.4 is 0 Å². The normalized spacial score (nSPS) is 12.2. The molecule has 124 valence electrons. The van der Waals surface area contributed by atoms with Gasteiger partial charge in [-0.25, -0.2) is 0 Å². The molecule has 3 rings (SSSR count). The first kappa shape index (κ1) is 16.8. The number of benzene rings is 3. The van der Waals surface area contributed by atoms with E-state index in [2.05, 4.69) is 0 Å². The second-order valence-corrected chi connectivity index (χ2v) is 5.77. The summed E-state index contributed by atoms with van der Waals surface area (Å²) in [4.78, 5) is 0. The lowest BCUT2D eigenvalue weighted by Gasteiger charge is -2.10. The summed E-state index contributed by atoms with van der Waals surface area (Å²) in [5.74, 6) is 0. The Morgan fingerprint density at radius 2 is 1.76 bits per heavy atom. The average Bonchev–Trinajstić information content (AvgIpc) is 2.60. The molecular formula is C21H14F3N. The fraction of sp³-hybridized carbons (Fsp3) is 0.0952. The number of nitrogens with zero attached hydrogens (tertiary/aromatic N) is 1. The van der Waals surface area contributed by atoms with Crippen LogP contribution in [0.1, 0.15) is 22.3 Å². The summed E-state index contributed by atoms with van der Waals surface area (Å²) in [5, 5.41) is 11.5. The van der Waals surface area contributed by atoms with Crippen molar-refractivity contribution in [1.82, 2.24) is 0 Å². The van der Waals surface area contributed by atoms with Crippen molar-refractivity contribution in [2.75, 3.05) is 0 Å². The molecule has 4 heteroatoms. The highest BCUT2D eigenvalue weighted by Gasteiger charge is 2.30. The van der Waals surface area contributed by atoms with Crippen molar-refractivity contribution in [1.29, 1.82) is 5.26 Å². The van der Waals surface area contributed by atoms with Crippen LogP contribution >= 0.6 is 0 Å². The minimum Gasteiger partial charge on any atom is -0.192 e. The molecule has 0 aliphatic heterocycles. The maximum absolute atomic E-state index is 12.9. The molecule has 0 N–H and O–H groups in total. The molecule has 0 atom stereocenters. The summed E-state index contributed by atoms with van der Waals surface area (Å²) >= 11 is 0. The van der Waals surface area contributed by atoms with Crippen LogP contribution in [0.4, 0.5) is 13.2 Å². The van der Waals surface area contributed by atoms with E-state index in [9.17, 15) is 18.4 Å². The van der Waals surface area contributed by atoms with Gasteiger partial charge in [-0.3, -0.25) is 0 Å². The number of allylic oxidation sites excluding steroid dienone is 1. The van der Waals surface area contributed by atoms with Crippen LogP contribution in [0.2, 0.25) is 0 Å². The van der Waals surface area contributed by atoms with Crippen molar-refractivity contribution in [3.63, 3.8) is 0 Å². The van der Waals surface area contributed by atoms with Crippen molar-refractivity contribution in [2.45, 2.75) is 13.1 Å². The molecule has 0 saturated carbocycles. The van der Waals surface area contributed by atoms with Crippen LogP contribution in [0.5, 0.6) is 0 Å². The van der Waals surface area contributed by atoms with E-state index in [0.29, 0.717) is 0 Å². The van der Waals surface area contributed by atoms with E-state index in [-0.39, 0.29) is 11.1 Å². The molecule has 0 spiro atoms. The highest BCUT2D eigenvalue weighted by Crippen LogP contribution is 2.32. The monoisotopic (exact) mass is 337 g/mol. The largest absolute Gasteiger partial charge is 0.416 e. The summed E-state index contributed by atoms with van der Waals surface area (Å²) in [5.41, 5.74) is 1.49. The molecule has 0 unspecified atom stereocenters. The lowest BCUT2D eigenvalue weighted by Crippen LogP contribution is -2.04. The third kappa shape index (κ3) is 3.41. The Labute approximate surface area is 143 Å².